The second-order valence-electron chi connectivity index (χ2n) is 3.81. The van der Waals surface area contributed by atoms with Gasteiger partial charge in [-0.05, 0) is 20.8 Å². The molecule has 0 unspecified atom stereocenters. The minimum absolute atomic E-state index is 0.0694. The summed E-state index contributed by atoms with van der Waals surface area (Å²) in [7, 11) is 5.84. The van der Waals surface area contributed by atoms with Crippen LogP contribution in [0.1, 0.15) is 34.6 Å². The normalized spacial score (nSPS) is 10.2. The Morgan fingerprint density at radius 3 is 1.50 bits per heavy atom. The molecule has 0 aromatic carbocycles. The predicted molar refractivity (Wildman–Crippen MR) is 59.6 cm³/mol. The van der Waals surface area contributed by atoms with Gasteiger partial charge in [-0.15, -0.1) is 0 Å². The predicted octanol–water partition coefficient (Wildman–Crippen LogP) is 2.50. The first-order valence-electron chi connectivity index (χ1n) is 4.49. The van der Waals surface area contributed by atoms with Crippen LogP contribution in [0.3, 0.4) is 0 Å². The Morgan fingerprint density at radius 2 is 1.50 bits per heavy atom. The molecule has 0 rings (SSSR count). The molecule has 3 N–H and O–H groups in total. The van der Waals surface area contributed by atoms with Gasteiger partial charge < -0.3 is 0 Å². The average molecular weight is 251 g/mol. The number of hydrogen-bond acceptors (Lipinski definition) is 2. The Labute approximate surface area is 86.3 Å². The first-order valence-corrected chi connectivity index (χ1v) is 11.1. The SMILES string of the molecule is CC(C)(C)NN.C[CH2][Ga]([Cl])[CH2]C. The third kappa shape index (κ3) is 17.1. The van der Waals surface area contributed by atoms with E-state index in [0.29, 0.717) is 0 Å². The zero-order valence-electron chi connectivity index (χ0n) is 8.95. The third-order valence-corrected chi connectivity index (χ3v) is 8.24. The van der Waals surface area contributed by atoms with E-state index < -0.39 is 15.2 Å². The van der Waals surface area contributed by atoms with Gasteiger partial charge in [-0.3, -0.25) is 11.3 Å². The van der Waals surface area contributed by atoms with Crippen LogP contribution in [0.25, 0.3) is 0 Å². The second kappa shape index (κ2) is 8.44. The van der Waals surface area contributed by atoms with Crippen molar-refractivity contribution < 1.29 is 0 Å². The Morgan fingerprint density at radius 1 is 1.25 bits per heavy atom. The topological polar surface area (TPSA) is 38.0 Å². The average Bonchev–Trinajstić information content (AvgIpc) is 2.03. The summed E-state index contributed by atoms with van der Waals surface area (Å²) in [4.78, 5) is 2.57. The number of nitrogens with one attached hydrogen (secondary N) is 1. The van der Waals surface area contributed by atoms with Crippen molar-refractivity contribution in [2.45, 2.75) is 50.1 Å². The number of hydrogen-bond donors (Lipinski definition) is 2. The van der Waals surface area contributed by atoms with E-state index in [4.69, 9.17) is 15.5 Å². The van der Waals surface area contributed by atoms with Gasteiger partial charge in [0, 0.05) is 5.54 Å². The van der Waals surface area contributed by atoms with E-state index in [9.17, 15) is 0 Å². The summed E-state index contributed by atoms with van der Waals surface area (Å²) in [6.45, 7) is 10.4. The van der Waals surface area contributed by atoms with E-state index in [1.807, 2.05) is 20.8 Å². The molecule has 0 aromatic heterocycles. The molecule has 0 radical (unpaired) electrons. The van der Waals surface area contributed by atoms with E-state index in [0.717, 1.165) is 0 Å². The summed E-state index contributed by atoms with van der Waals surface area (Å²) in [5.41, 5.74) is 2.67. The van der Waals surface area contributed by atoms with Crippen molar-refractivity contribution in [2.75, 3.05) is 0 Å². The van der Waals surface area contributed by atoms with Crippen molar-refractivity contribution in [1.82, 2.24) is 5.43 Å². The van der Waals surface area contributed by atoms with Crippen molar-refractivity contribution >= 4 is 24.9 Å². The van der Waals surface area contributed by atoms with E-state index in [2.05, 4.69) is 19.3 Å². The van der Waals surface area contributed by atoms with Crippen LogP contribution in [-0.4, -0.2) is 20.8 Å². The molecule has 0 heterocycles. The third-order valence-electron chi connectivity index (χ3n) is 1.32. The molecule has 0 saturated heterocycles. The van der Waals surface area contributed by atoms with Crippen LogP contribution in [0, 0.1) is 0 Å². The summed E-state index contributed by atoms with van der Waals surface area (Å²) < 4.78 is 0. The molecular formula is C8H22ClGaN2. The number of nitrogens with two attached hydrogens (primary N) is 1. The molecule has 0 aromatic rings. The van der Waals surface area contributed by atoms with Gasteiger partial charge in [-0.25, -0.2) is 0 Å². The Balaban J connectivity index is 0. The van der Waals surface area contributed by atoms with Crippen LogP contribution >= 0.6 is 9.64 Å². The first-order chi connectivity index (χ1) is 5.37. The molecule has 0 spiro atoms. The number of hydrazine groups is 1. The maximum atomic E-state index is 5.84. The molecule has 0 amide bonds. The van der Waals surface area contributed by atoms with Gasteiger partial charge in [0.2, 0.25) is 0 Å². The van der Waals surface area contributed by atoms with E-state index in [-0.39, 0.29) is 5.54 Å². The van der Waals surface area contributed by atoms with Gasteiger partial charge in [0.15, 0.2) is 0 Å². The summed E-state index contributed by atoms with van der Waals surface area (Å²) in [5.74, 6) is 5.06. The molecule has 4 heteroatoms. The monoisotopic (exact) mass is 250 g/mol. The molecule has 2 nitrogen and oxygen atoms in total. The molecule has 0 fully saturated rings. The minimum atomic E-state index is -1.07. The fourth-order valence-electron chi connectivity index (χ4n) is 0.289. The van der Waals surface area contributed by atoms with E-state index in [1.165, 1.54) is 9.95 Å². The van der Waals surface area contributed by atoms with Crippen LogP contribution in [0.4, 0.5) is 0 Å². The van der Waals surface area contributed by atoms with E-state index >= 15 is 0 Å². The summed E-state index contributed by atoms with van der Waals surface area (Å²) in [6, 6.07) is 0. The van der Waals surface area contributed by atoms with Crippen molar-refractivity contribution in [3.63, 3.8) is 0 Å². The molecule has 0 bridgehead atoms. The zero-order chi connectivity index (χ0) is 10.2. The van der Waals surface area contributed by atoms with Crippen LogP contribution in [-0.2, 0) is 0 Å². The van der Waals surface area contributed by atoms with Gasteiger partial charge >= 0.3 is 48.7 Å². The number of rotatable bonds is 2. The van der Waals surface area contributed by atoms with Gasteiger partial charge in [-0.2, -0.15) is 0 Å². The molecule has 0 aliphatic carbocycles. The van der Waals surface area contributed by atoms with Crippen LogP contribution in [0.15, 0.2) is 0 Å². The Kier molecular flexibility index (Phi) is 10.8. The van der Waals surface area contributed by atoms with Crippen molar-refractivity contribution in [2.24, 2.45) is 5.84 Å². The number of halogens is 1. The van der Waals surface area contributed by atoms with E-state index in [1.54, 1.807) is 0 Å². The molecule has 0 aliphatic heterocycles. The van der Waals surface area contributed by atoms with Gasteiger partial charge in [-0.1, -0.05) is 0 Å². The molecular weight excluding hydrogens is 229 g/mol. The fraction of sp³-hybridized carbons (Fsp3) is 1.00. The Hall–Kier alpha value is 0.846. The van der Waals surface area contributed by atoms with Gasteiger partial charge in [0.25, 0.3) is 0 Å². The van der Waals surface area contributed by atoms with Crippen molar-refractivity contribution in [3.8, 4) is 0 Å². The van der Waals surface area contributed by atoms with Crippen LogP contribution in [0.5, 0.6) is 0 Å². The molecule has 0 atom stereocenters. The standard InChI is InChI=1S/C4H12N2.2C2H5.ClH.Ga/c1-4(2,3)6-5;2*1-2;;/h6H,5H2,1-3H3;2*1H2,2H3;1H;/q;;;;+1/p-1. The van der Waals surface area contributed by atoms with Crippen LogP contribution < -0.4 is 11.3 Å². The molecule has 0 saturated carbocycles. The maximum absolute atomic E-state index is 5.84. The van der Waals surface area contributed by atoms with Gasteiger partial charge in [0.05, 0.1) is 0 Å². The Bertz CT molecular complexity index is 89.5. The first kappa shape index (κ1) is 15.3. The van der Waals surface area contributed by atoms with Gasteiger partial charge in [0.1, 0.15) is 0 Å². The molecule has 0 aliphatic rings. The fourth-order valence-corrected chi connectivity index (χ4v) is 1.50. The summed E-state index contributed by atoms with van der Waals surface area (Å²) in [5, 5.41) is 0. The van der Waals surface area contributed by atoms with Crippen LogP contribution in [0.2, 0.25) is 9.95 Å². The molecule has 12 heavy (non-hydrogen) atoms. The quantitative estimate of drug-likeness (QED) is 0.449. The summed E-state index contributed by atoms with van der Waals surface area (Å²) >= 11 is -1.07. The zero-order valence-corrected chi connectivity index (χ0v) is 12.1. The van der Waals surface area contributed by atoms with Crippen molar-refractivity contribution in [3.05, 3.63) is 0 Å². The van der Waals surface area contributed by atoms with Crippen molar-refractivity contribution in [1.29, 1.82) is 0 Å². The second-order valence-corrected chi connectivity index (χ2v) is 12.9. The summed E-state index contributed by atoms with van der Waals surface area (Å²) in [6.07, 6.45) is 0. The molecule has 74 valence electrons.